The molecule has 0 saturated carbocycles. The van der Waals surface area contributed by atoms with Crippen LogP contribution in [0.5, 0.6) is 0 Å². The minimum absolute atomic E-state index is 0.145. The zero-order valence-electron chi connectivity index (χ0n) is 11.9. The Morgan fingerprint density at radius 1 is 1.29 bits per heavy atom. The third-order valence-corrected chi connectivity index (χ3v) is 3.13. The number of hydrogen-bond donors (Lipinski definition) is 1. The topological polar surface area (TPSA) is 75.7 Å². The van der Waals surface area contributed by atoms with Crippen molar-refractivity contribution in [1.29, 1.82) is 0 Å². The first-order chi connectivity index (χ1) is 9.99. The molecular formula is C14H17ClN2O4. The Morgan fingerprint density at radius 2 is 1.95 bits per heavy atom. The van der Waals surface area contributed by atoms with E-state index in [-0.39, 0.29) is 19.0 Å². The summed E-state index contributed by atoms with van der Waals surface area (Å²) in [5.41, 5.74) is 0.294. The number of likely N-dealkylation sites (N-methyl/N-ethyl adjacent to an activating group) is 1. The van der Waals surface area contributed by atoms with Gasteiger partial charge in [0.25, 0.3) is 5.91 Å². The molecule has 114 valence electrons. The number of halogens is 1. The second kappa shape index (κ2) is 8.26. The van der Waals surface area contributed by atoms with Gasteiger partial charge in [-0.3, -0.25) is 14.4 Å². The second-order valence-electron chi connectivity index (χ2n) is 4.15. The Kier molecular flexibility index (Phi) is 6.68. The van der Waals surface area contributed by atoms with Gasteiger partial charge in [0, 0.05) is 6.54 Å². The average molecular weight is 313 g/mol. The minimum atomic E-state index is -0.511. The number of hydrogen-bond acceptors (Lipinski definition) is 4. The van der Waals surface area contributed by atoms with E-state index in [0.29, 0.717) is 17.1 Å². The van der Waals surface area contributed by atoms with E-state index in [1.54, 1.807) is 31.2 Å². The Bertz CT molecular complexity index is 533. The van der Waals surface area contributed by atoms with Gasteiger partial charge in [-0.1, -0.05) is 23.7 Å². The molecule has 0 aliphatic rings. The number of nitrogens with one attached hydrogen (secondary N) is 1. The standard InChI is InChI=1S/C14H17ClN2O4/c1-3-17(9-13(19)21-2)12(18)8-16-14(20)10-6-4-5-7-11(10)15/h4-7H,3,8-9H2,1-2H3,(H,16,20). The zero-order valence-corrected chi connectivity index (χ0v) is 12.6. The third kappa shape index (κ3) is 5.07. The quantitative estimate of drug-likeness (QED) is 0.798. The van der Waals surface area contributed by atoms with Crippen molar-refractivity contribution in [1.82, 2.24) is 10.2 Å². The summed E-state index contributed by atoms with van der Waals surface area (Å²) < 4.78 is 4.51. The molecule has 0 unspecified atom stereocenters. The second-order valence-corrected chi connectivity index (χ2v) is 4.55. The van der Waals surface area contributed by atoms with Gasteiger partial charge >= 0.3 is 5.97 Å². The van der Waals surface area contributed by atoms with E-state index in [0.717, 1.165) is 0 Å². The van der Waals surface area contributed by atoms with Gasteiger partial charge in [0.05, 0.1) is 24.2 Å². The van der Waals surface area contributed by atoms with Gasteiger partial charge in [-0.25, -0.2) is 0 Å². The lowest BCUT2D eigenvalue weighted by atomic mass is 10.2. The zero-order chi connectivity index (χ0) is 15.8. The summed E-state index contributed by atoms with van der Waals surface area (Å²) in [7, 11) is 1.25. The lowest BCUT2D eigenvalue weighted by molar-refractivity contribution is -0.146. The van der Waals surface area contributed by atoms with E-state index < -0.39 is 11.9 Å². The van der Waals surface area contributed by atoms with Crippen molar-refractivity contribution in [3.8, 4) is 0 Å². The van der Waals surface area contributed by atoms with Gasteiger partial charge in [0.15, 0.2) is 0 Å². The van der Waals surface area contributed by atoms with Gasteiger partial charge in [0.2, 0.25) is 5.91 Å². The van der Waals surface area contributed by atoms with Crippen LogP contribution in [-0.4, -0.2) is 49.4 Å². The normalized spacial score (nSPS) is 9.86. The van der Waals surface area contributed by atoms with Crippen LogP contribution in [0.25, 0.3) is 0 Å². The smallest absolute Gasteiger partial charge is 0.325 e. The van der Waals surface area contributed by atoms with Crippen LogP contribution in [0.2, 0.25) is 5.02 Å². The Labute approximate surface area is 128 Å². The first-order valence-electron chi connectivity index (χ1n) is 6.36. The predicted octanol–water partition coefficient (Wildman–Crippen LogP) is 1.09. The summed E-state index contributed by atoms with van der Waals surface area (Å²) in [6.45, 7) is 1.72. The number of carbonyl (C=O) groups is 3. The maximum Gasteiger partial charge on any atom is 0.325 e. The number of esters is 1. The van der Waals surface area contributed by atoms with Gasteiger partial charge in [-0.2, -0.15) is 0 Å². The van der Waals surface area contributed by atoms with E-state index in [2.05, 4.69) is 10.1 Å². The summed E-state index contributed by atoms with van der Waals surface area (Å²) in [6.07, 6.45) is 0. The first-order valence-corrected chi connectivity index (χ1v) is 6.74. The molecule has 21 heavy (non-hydrogen) atoms. The molecule has 0 saturated heterocycles. The highest BCUT2D eigenvalue weighted by Crippen LogP contribution is 2.14. The molecule has 1 aromatic rings. The van der Waals surface area contributed by atoms with E-state index >= 15 is 0 Å². The van der Waals surface area contributed by atoms with Crippen LogP contribution in [-0.2, 0) is 14.3 Å². The fourth-order valence-corrected chi connectivity index (χ4v) is 1.83. The van der Waals surface area contributed by atoms with Crippen molar-refractivity contribution in [2.24, 2.45) is 0 Å². The maximum absolute atomic E-state index is 11.9. The molecule has 1 rings (SSSR count). The van der Waals surface area contributed by atoms with Gasteiger partial charge in [-0.15, -0.1) is 0 Å². The van der Waals surface area contributed by atoms with Crippen molar-refractivity contribution in [2.75, 3.05) is 26.7 Å². The first kappa shape index (κ1) is 17.0. The van der Waals surface area contributed by atoms with Crippen LogP contribution in [0.4, 0.5) is 0 Å². The monoisotopic (exact) mass is 312 g/mol. The van der Waals surface area contributed by atoms with E-state index in [1.165, 1.54) is 12.0 Å². The van der Waals surface area contributed by atoms with Crippen LogP contribution in [0, 0.1) is 0 Å². The van der Waals surface area contributed by atoms with Crippen LogP contribution >= 0.6 is 11.6 Å². The van der Waals surface area contributed by atoms with Crippen LogP contribution in [0.1, 0.15) is 17.3 Å². The van der Waals surface area contributed by atoms with E-state index in [9.17, 15) is 14.4 Å². The van der Waals surface area contributed by atoms with Crippen LogP contribution in [0.3, 0.4) is 0 Å². The van der Waals surface area contributed by atoms with E-state index in [4.69, 9.17) is 11.6 Å². The predicted molar refractivity (Wildman–Crippen MR) is 78.1 cm³/mol. The highest BCUT2D eigenvalue weighted by atomic mass is 35.5. The Balaban J connectivity index is 2.57. The van der Waals surface area contributed by atoms with Crippen molar-refractivity contribution < 1.29 is 19.1 Å². The summed E-state index contributed by atoms with van der Waals surface area (Å²) >= 11 is 5.89. The lowest BCUT2D eigenvalue weighted by Gasteiger charge is -2.19. The molecule has 0 spiro atoms. The maximum atomic E-state index is 11.9. The summed E-state index contributed by atoms with van der Waals surface area (Å²) in [6, 6.07) is 6.54. The number of rotatable bonds is 6. The lowest BCUT2D eigenvalue weighted by Crippen LogP contribution is -2.42. The van der Waals surface area contributed by atoms with Crippen LogP contribution in [0.15, 0.2) is 24.3 Å². The molecule has 0 heterocycles. The number of methoxy groups -OCH3 is 1. The molecule has 2 amide bonds. The summed E-state index contributed by atoms with van der Waals surface area (Å²) in [5, 5.41) is 2.79. The number of carbonyl (C=O) groups excluding carboxylic acids is 3. The van der Waals surface area contributed by atoms with Gasteiger partial charge in [-0.05, 0) is 19.1 Å². The van der Waals surface area contributed by atoms with Crippen molar-refractivity contribution >= 4 is 29.4 Å². The van der Waals surface area contributed by atoms with Crippen molar-refractivity contribution in [2.45, 2.75) is 6.92 Å². The average Bonchev–Trinajstić information content (AvgIpc) is 2.50. The molecule has 0 radical (unpaired) electrons. The molecule has 0 bridgehead atoms. The number of ether oxygens (including phenoxy) is 1. The molecule has 1 N–H and O–H groups in total. The number of benzene rings is 1. The fraction of sp³-hybridized carbons (Fsp3) is 0.357. The molecule has 0 aliphatic carbocycles. The number of amides is 2. The molecule has 1 aromatic carbocycles. The Morgan fingerprint density at radius 3 is 2.52 bits per heavy atom. The Hall–Kier alpha value is -2.08. The van der Waals surface area contributed by atoms with Crippen molar-refractivity contribution in [3.63, 3.8) is 0 Å². The highest BCUT2D eigenvalue weighted by molar-refractivity contribution is 6.33. The van der Waals surface area contributed by atoms with Gasteiger partial charge < -0.3 is 15.0 Å². The molecular weight excluding hydrogens is 296 g/mol. The fourth-order valence-electron chi connectivity index (χ4n) is 1.60. The molecule has 7 heteroatoms. The molecule has 0 aromatic heterocycles. The van der Waals surface area contributed by atoms with Crippen molar-refractivity contribution in [3.05, 3.63) is 34.9 Å². The SMILES string of the molecule is CCN(CC(=O)OC)C(=O)CNC(=O)c1ccccc1Cl. The largest absolute Gasteiger partial charge is 0.468 e. The third-order valence-electron chi connectivity index (χ3n) is 2.80. The van der Waals surface area contributed by atoms with Crippen LogP contribution < -0.4 is 5.32 Å². The summed E-state index contributed by atoms with van der Waals surface area (Å²) in [5.74, 6) is -1.32. The molecule has 0 atom stereocenters. The minimum Gasteiger partial charge on any atom is -0.468 e. The molecule has 0 aliphatic heterocycles. The molecule has 6 nitrogen and oxygen atoms in total. The van der Waals surface area contributed by atoms with Gasteiger partial charge in [0.1, 0.15) is 6.54 Å². The summed E-state index contributed by atoms with van der Waals surface area (Å²) in [4.78, 5) is 36.3. The molecule has 0 fully saturated rings. The van der Waals surface area contributed by atoms with E-state index in [1.807, 2.05) is 0 Å². The number of nitrogens with zero attached hydrogens (tertiary/aromatic N) is 1. The highest BCUT2D eigenvalue weighted by Gasteiger charge is 2.17.